The fourth-order valence-corrected chi connectivity index (χ4v) is 1.19. The van der Waals surface area contributed by atoms with Crippen LogP contribution in [-0.4, -0.2) is 7.11 Å². The Hall–Kier alpha value is -0.890. The van der Waals surface area contributed by atoms with E-state index in [0.717, 1.165) is 11.3 Å². The lowest BCUT2D eigenvalue weighted by Gasteiger charge is -2.19. The van der Waals surface area contributed by atoms with Gasteiger partial charge in [0.2, 0.25) is 0 Å². The van der Waals surface area contributed by atoms with E-state index in [1.807, 2.05) is 37.3 Å². The van der Waals surface area contributed by atoms with Gasteiger partial charge in [-0.05, 0) is 24.6 Å². The van der Waals surface area contributed by atoms with Crippen molar-refractivity contribution in [3.63, 3.8) is 0 Å². The van der Waals surface area contributed by atoms with E-state index in [0.29, 0.717) is 0 Å². The van der Waals surface area contributed by atoms with Crippen LogP contribution in [0.25, 0.3) is 0 Å². The van der Waals surface area contributed by atoms with Crippen molar-refractivity contribution in [1.82, 2.24) is 0 Å². The molecule has 0 aromatic heterocycles. The number of thiol groups is 1. The first-order valence-electron chi connectivity index (χ1n) is 4.10. The minimum absolute atomic E-state index is 0.297. The molecule has 0 N–H and O–H groups in total. The maximum atomic E-state index is 5.13. The molecule has 1 nitrogen and oxygen atoms in total. The van der Waals surface area contributed by atoms with Gasteiger partial charge in [-0.2, -0.15) is 12.6 Å². The van der Waals surface area contributed by atoms with Gasteiger partial charge in [0, 0.05) is 0 Å². The molecular weight excluding hydrogens is 180 g/mol. The van der Waals surface area contributed by atoms with Crippen LogP contribution in [0.5, 0.6) is 5.75 Å². The molecule has 1 rings (SSSR count). The molecule has 0 radical (unpaired) electrons. The van der Waals surface area contributed by atoms with E-state index >= 15 is 0 Å². The van der Waals surface area contributed by atoms with Gasteiger partial charge in [0.15, 0.2) is 0 Å². The first-order valence-corrected chi connectivity index (χ1v) is 4.55. The van der Waals surface area contributed by atoms with Crippen LogP contribution >= 0.6 is 12.6 Å². The Morgan fingerprint density at radius 2 is 2.23 bits per heavy atom. The summed E-state index contributed by atoms with van der Waals surface area (Å²) in [5, 5.41) is 0. The minimum atomic E-state index is -0.297. The predicted molar refractivity (Wildman–Crippen MR) is 59.5 cm³/mol. The zero-order valence-electron chi connectivity index (χ0n) is 7.95. The largest absolute Gasteiger partial charge is 0.497 e. The van der Waals surface area contributed by atoms with Gasteiger partial charge in [-0.15, -0.1) is 6.58 Å². The summed E-state index contributed by atoms with van der Waals surface area (Å²) in [6.45, 7) is 5.74. The van der Waals surface area contributed by atoms with E-state index in [-0.39, 0.29) is 4.75 Å². The van der Waals surface area contributed by atoms with Crippen molar-refractivity contribution in [3.8, 4) is 5.75 Å². The molecule has 0 saturated carbocycles. The molecule has 0 aliphatic heterocycles. The molecule has 13 heavy (non-hydrogen) atoms. The van der Waals surface area contributed by atoms with Crippen LogP contribution in [-0.2, 0) is 4.75 Å². The molecule has 1 atom stereocenters. The number of methoxy groups -OCH3 is 1. The highest BCUT2D eigenvalue weighted by atomic mass is 32.1. The number of hydrogen-bond donors (Lipinski definition) is 1. The third-order valence-electron chi connectivity index (χ3n) is 2.05. The van der Waals surface area contributed by atoms with Crippen molar-refractivity contribution in [3.05, 3.63) is 42.5 Å². The standard InChI is InChI=1S/C11H14OS/c1-4-11(2,13)9-6-5-7-10(8-9)12-3/h4-8,13H,1H2,2-3H3/t11-/m0/s1. The third kappa shape index (κ3) is 2.28. The Kier molecular flexibility index (Phi) is 3.04. The summed E-state index contributed by atoms with van der Waals surface area (Å²) in [7, 11) is 1.66. The molecule has 1 aromatic rings. The van der Waals surface area contributed by atoms with Crippen LogP contribution < -0.4 is 4.74 Å². The first-order chi connectivity index (χ1) is 6.10. The van der Waals surface area contributed by atoms with Crippen LogP contribution in [0.4, 0.5) is 0 Å². The lowest BCUT2D eigenvalue weighted by atomic mass is 10.0. The Labute approximate surface area is 84.8 Å². The van der Waals surface area contributed by atoms with Gasteiger partial charge in [-0.3, -0.25) is 0 Å². The molecule has 0 bridgehead atoms. The van der Waals surface area contributed by atoms with Gasteiger partial charge in [0.05, 0.1) is 11.9 Å². The Bertz CT molecular complexity index is 305. The molecule has 0 fully saturated rings. The van der Waals surface area contributed by atoms with E-state index in [9.17, 15) is 0 Å². The van der Waals surface area contributed by atoms with Crippen molar-refractivity contribution in [2.24, 2.45) is 0 Å². The van der Waals surface area contributed by atoms with E-state index < -0.39 is 0 Å². The summed E-state index contributed by atoms with van der Waals surface area (Å²) in [6.07, 6.45) is 1.81. The van der Waals surface area contributed by atoms with E-state index in [1.54, 1.807) is 7.11 Å². The van der Waals surface area contributed by atoms with Crippen molar-refractivity contribution < 1.29 is 4.74 Å². The van der Waals surface area contributed by atoms with Gasteiger partial charge >= 0.3 is 0 Å². The summed E-state index contributed by atoms with van der Waals surface area (Å²) < 4.78 is 4.83. The molecule has 0 heterocycles. The molecule has 0 aliphatic carbocycles. The quantitative estimate of drug-likeness (QED) is 0.575. The fraction of sp³-hybridized carbons (Fsp3) is 0.273. The van der Waals surface area contributed by atoms with E-state index in [2.05, 4.69) is 19.2 Å². The monoisotopic (exact) mass is 194 g/mol. The van der Waals surface area contributed by atoms with Crippen molar-refractivity contribution in [2.75, 3.05) is 7.11 Å². The molecule has 2 heteroatoms. The van der Waals surface area contributed by atoms with Crippen LogP contribution in [0.2, 0.25) is 0 Å². The van der Waals surface area contributed by atoms with Gasteiger partial charge in [-0.25, -0.2) is 0 Å². The average Bonchev–Trinajstić information content (AvgIpc) is 2.18. The van der Waals surface area contributed by atoms with Gasteiger partial charge in [0.1, 0.15) is 5.75 Å². The Balaban J connectivity index is 3.08. The van der Waals surface area contributed by atoms with Crippen LogP contribution in [0.1, 0.15) is 12.5 Å². The zero-order chi connectivity index (χ0) is 9.90. The molecule has 0 spiro atoms. The third-order valence-corrected chi connectivity index (χ3v) is 2.49. The Morgan fingerprint density at radius 1 is 1.54 bits per heavy atom. The topological polar surface area (TPSA) is 9.23 Å². The van der Waals surface area contributed by atoms with Gasteiger partial charge in [-0.1, -0.05) is 18.2 Å². The lowest BCUT2D eigenvalue weighted by Crippen LogP contribution is -2.09. The average molecular weight is 194 g/mol. The second-order valence-corrected chi connectivity index (χ2v) is 4.01. The van der Waals surface area contributed by atoms with Crippen LogP contribution in [0, 0.1) is 0 Å². The minimum Gasteiger partial charge on any atom is -0.497 e. The second kappa shape index (κ2) is 3.88. The second-order valence-electron chi connectivity index (χ2n) is 3.08. The summed E-state index contributed by atoms with van der Waals surface area (Å²) in [5.41, 5.74) is 1.09. The maximum Gasteiger partial charge on any atom is 0.119 e. The number of rotatable bonds is 3. The Morgan fingerprint density at radius 3 is 2.77 bits per heavy atom. The molecule has 0 amide bonds. The summed E-state index contributed by atoms with van der Waals surface area (Å²) in [5.74, 6) is 0.847. The predicted octanol–water partition coefficient (Wildman–Crippen LogP) is 3.03. The highest BCUT2D eigenvalue weighted by Gasteiger charge is 2.17. The number of benzene rings is 1. The first kappa shape index (κ1) is 10.2. The fourth-order valence-electron chi connectivity index (χ4n) is 1.06. The van der Waals surface area contributed by atoms with Crippen molar-refractivity contribution in [2.45, 2.75) is 11.7 Å². The SMILES string of the molecule is C=C[C@](C)(S)c1cccc(OC)c1. The molecule has 0 saturated heterocycles. The highest BCUT2D eigenvalue weighted by molar-refractivity contribution is 7.81. The highest BCUT2D eigenvalue weighted by Crippen LogP contribution is 2.30. The normalized spacial score (nSPS) is 14.7. The zero-order valence-corrected chi connectivity index (χ0v) is 8.84. The van der Waals surface area contributed by atoms with Gasteiger partial charge in [0.25, 0.3) is 0 Å². The van der Waals surface area contributed by atoms with Crippen molar-refractivity contribution in [1.29, 1.82) is 0 Å². The van der Waals surface area contributed by atoms with E-state index in [4.69, 9.17) is 4.74 Å². The van der Waals surface area contributed by atoms with Crippen LogP contribution in [0.3, 0.4) is 0 Å². The maximum absolute atomic E-state index is 5.13. The molecule has 0 unspecified atom stereocenters. The van der Waals surface area contributed by atoms with Crippen LogP contribution in [0.15, 0.2) is 36.9 Å². The van der Waals surface area contributed by atoms with Crippen molar-refractivity contribution >= 4 is 12.6 Å². The summed E-state index contributed by atoms with van der Waals surface area (Å²) >= 11 is 4.49. The van der Waals surface area contributed by atoms with Gasteiger partial charge < -0.3 is 4.74 Å². The molecule has 1 aromatic carbocycles. The molecular formula is C11H14OS. The summed E-state index contributed by atoms with van der Waals surface area (Å²) in [4.78, 5) is 0. The number of hydrogen-bond acceptors (Lipinski definition) is 2. The van der Waals surface area contributed by atoms with E-state index in [1.165, 1.54) is 0 Å². The lowest BCUT2D eigenvalue weighted by molar-refractivity contribution is 0.414. The number of ether oxygens (including phenoxy) is 1. The summed E-state index contributed by atoms with van der Waals surface area (Å²) in [6, 6.07) is 7.84. The smallest absolute Gasteiger partial charge is 0.119 e. The molecule has 70 valence electrons. The molecule has 0 aliphatic rings.